The minimum Gasteiger partial charge on any atom is -0.312 e. The van der Waals surface area contributed by atoms with Crippen LogP contribution in [0.2, 0.25) is 0 Å². The number of hydrogen-bond acceptors (Lipinski definition) is 1. The first-order chi connectivity index (χ1) is 8.34. The topological polar surface area (TPSA) is 12.0 Å². The molecule has 0 fully saturated rings. The molecule has 1 nitrogen and oxygen atoms in total. The van der Waals surface area contributed by atoms with Crippen molar-refractivity contribution in [3.63, 3.8) is 0 Å². The molecule has 3 rings (SSSR count). The summed E-state index contributed by atoms with van der Waals surface area (Å²) in [6, 6.07) is 15.4. The second-order valence-electron chi connectivity index (χ2n) is 4.74. The maximum absolute atomic E-state index is 3.43. The van der Waals surface area contributed by atoms with E-state index in [9.17, 15) is 0 Å². The van der Waals surface area contributed by atoms with Gasteiger partial charge in [0.2, 0.25) is 0 Å². The van der Waals surface area contributed by atoms with E-state index >= 15 is 0 Å². The van der Waals surface area contributed by atoms with Gasteiger partial charge in [-0.05, 0) is 42.1 Å². The smallest absolute Gasteiger partial charge is 0.0208 e. The van der Waals surface area contributed by atoms with Gasteiger partial charge in [-0.1, -0.05) is 48.0 Å². The Morgan fingerprint density at radius 2 is 1.94 bits per heavy atom. The van der Waals surface area contributed by atoms with Crippen molar-refractivity contribution in [3.05, 3.63) is 59.2 Å². The zero-order chi connectivity index (χ0) is 11.7. The largest absolute Gasteiger partial charge is 0.312 e. The summed E-state index contributed by atoms with van der Waals surface area (Å²) >= 11 is 0. The summed E-state index contributed by atoms with van der Waals surface area (Å²) < 4.78 is 0. The number of hydrogen-bond donors (Lipinski definition) is 1. The van der Waals surface area contributed by atoms with Crippen LogP contribution in [-0.4, -0.2) is 6.54 Å². The molecular weight excluding hydrogens is 206 g/mol. The predicted molar refractivity (Wildman–Crippen MR) is 72.0 cm³/mol. The Hall–Kier alpha value is -1.60. The molecule has 0 saturated carbocycles. The molecule has 1 heteroatoms. The van der Waals surface area contributed by atoms with Crippen LogP contribution in [0.25, 0.3) is 11.1 Å². The monoisotopic (exact) mass is 223 g/mol. The van der Waals surface area contributed by atoms with Gasteiger partial charge in [-0.2, -0.15) is 0 Å². The molecule has 0 bridgehead atoms. The van der Waals surface area contributed by atoms with Crippen molar-refractivity contribution in [3.8, 4) is 11.1 Å². The zero-order valence-corrected chi connectivity index (χ0v) is 10.2. The van der Waals surface area contributed by atoms with Crippen molar-refractivity contribution in [2.24, 2.45) is 0 Å². The average Bonchev–Trinajstić information content (AvgIpc) is 2.38. The SMILES string of the molecule is Cc1cccc(-c2cccc3c2CCNC3)c1. The molecule has 0 saturated heterocycles. The highest BCUT2D eigenvalue weighted by molar-refractivity contribution is 5.69. The lowest BCUT2D eigenvalue weighted by molar-refractivity contribution is 0.645. The van der Waals surface area contributed by atoms with Gasteiger partial charge in [-0.25, -0.2) is 0 Å². The van der Waals surface area contributed by atoms with Crippen molar-refractivity contribution < 1.29 is 0 Å². The quantitative estimate of drug-likeness (QED) is 0.782. The Kier molecular flexibility index (Phi) is 2.69. The number of aryl methyl sites for hydroxylation is 1. The summed E-state index contributed by atoms with van der Waals surface area (Å²) in [5.41, 5.74) is 7.07. The molecule has 1 N–H and O–H groups in total. The lowest BCUT2D eigenvalue weighted by atomic mass is 9.91. The van der Waals surface area contributed by atoms with E-state index in [4.69, 9.17) is 0 Å². The Balaban J connectivity index is 2.14. The molecule has 17 heavy (non-hydrogen) atoms. The molecule has 0 atom stereocenters. The van der Waals surface area contributed by atoms with Crippen LogP contribution in [0.15, 0.2) is 42.5 Å². The van der Waals surface area contributed by atoms with Crippen LogP contribution in [-0.2, 0) is 13.0 Å². The number of fused-ring (bicyclic) bond motifs is 1. The van der Waals surface area contributed by atoms with Crippen LogP contribution in [0.5, 0.6) is 0 Å². The number of rotatable bonds is 1. The average molecular weight is 223 g/mol. The lowest BCUT2D eigenvalue weighted by Gasteiger charge is -2.20. The zero-order valence-electron chi connectivity index (χ0n) is 10.2. The molecule has 86 valence electrons. The first kappa shape index (κ1) is 10.5. The van der Waals surface area contributed by atoms with Crippen LogP contribution < -0.4 is 5.32 Å². The van der Waals surface area contributed by atoms with Gasteiger partial charge in [-0.3, -0.25) is 0 Å². The van der Waals surface area contributed by atoms with Gasteiger partial charge in [-0.15, -0.1) is 0 Å². The van der Waals surface area contributed by atoms with Crippen LogP contribution in [0.1, 0.15) is 16.7 Å². The molecule has 0 aliphatic carbocycles. The summed E-state index contributed by atoms with van der Waals surface area (Å²) in [4.78, 5) is 0. The van der Waals surface area contributed by atoms with Gasteiger partial charge < -0.3 is 5.32 Å². The van der Waals surface area contributed by atoms with Gasteiger partial charge >= 0.3 is 0 Å². The molecule has 1 aliphatic heterocycles. The fourth-order valence-corrected chi connectivity index (χ4v) is 2.61. The van der Waals surface area contributed by atoms with E-state index in [1.54, 1.807) is 0 Å². The van der Waals surface area contributed by atoms with Gasteiger partial charge in [0.05, 0.1) is 0 Å². The van der Waals surface area contributed by atoms with Gasteiger partial charge in [0, 0.05) is 6.54 Å². The Morgan fingerprint density at radius 1 is 1.06 bits per heavy atom. The second-order valence-corrected chi connectivity index (χ2v) is 4.74. The summed E-state index contributed by atoms with van der Waals surface area (Å²) in [5.74, 6) is 0. The minimum atomic E-state index is 1.01. The van der Waals surface area contributed by atoms with E-state index in [0.29, 0.717) is 0 Å². The standard InChI is InChI=1S/C16H17N/c1-12-4-2-5-13(10-12)15-7-3-6-14-11-17-9-8-16(14)15/h2-7,10,17H,8-9,11H2,1H3. The first-order valence-electron chi connectivity index (χ1n) is 6.23. The third-order valence-electron chi connectivity index (χ3n) is 3.47. The lowest BCUT2D eigenvalue weighted by Crippen LogP contribution is -2.23. The second kappa shape index (κ2) is 4.34. The van der Waals surface area contributed by atoms with E-state index in [0.717, 1.165) is 19.5 Å². The van der Waals surface area contributed by atoms with Gasteiger partial charge in [0.25, 0.3) is 0 Å². The first-order valence-corrected chi connectivity index (χ1v) is 6.23. The molecule has 2 aromatic rings. The molecule has 0 amide bonds. The molecule has 1 aliphatic rings. The van der Waals surface area contributed by atoms with Crippen molar-refractivity contribution >= 4 is 0 Å². The van der Waals surface area contributed by atoms with E-state index < -0.39 is 0 Å². The normalized spacial score (nSPS) is 14.4. The van der Waals surface area contributed by atoms with Crippen molar-refractivity contribution in [2.75, 3.05) is 6.54 Å². The van der Waals surface area contributed by atoms with Crippen LogP contribution in [0.4, 0.5) is 0 Å². The highest BCUT2D eigenvalue weighted by atomic mass is 14.9. The Bertz CT molecular complexity index is 543. The molecular formula is C16H17N. The van der Waals surface area contributed by atoms with E-state index in [1.165, 1.54) is 27.8 Å². The highest BCUT2D eigenvalue weighted by Gasteiger charge is 2.13. The summed E-state index contributed by atoms with van der Waals surface area (Å²) in [6.07, 6.45) is 1.14. The fraction of sp³-hybridized carbons (Fsp3) is 0.250. The molecule has 0 radical (unpaired) electrons. The molecule has 1 heterocycles. The minimum absolute atomic E-state index is 1.01. The maximum atomic E-state index is 3.43. The van der Waals surface area contributed by atoms with E-state index in [-0.39, 0.29) is 0 Å². The molecule has 0 spiro atoms. The number of benzene rings is 2. The van der Waals surface area contributed by atoms with Crippen LogP contribution in [0, 0.1) is 6.92 Å². The van der Waals surface area contributed by atoms with E-state index in [1.807, 2.05) is 0 Å². The van der Waals surface area contributed by atoms with Crippen LogP contribution in [0.3, 0.4) is 0 Å². The molecule has 2 aromatic carbocycles. The third-order valence-corrected chi connectivity index (χ3v) is 3.47. The Labute approximate surface area is 102 Å². The summed E-state index contributed by atoms with van der Waals surface area (Å²) in [5, 5.41) is 3.43. The van der Waals surface area contributed by atoms with Gasteiger partial charge in [0.15, 0.2) is 0 Å². The molecule has 0 aromatic heterocycles. The summed E-state index contributed by atoms with van der Waals surface area (Å²) in [7, 11) is 0. The van der Waals surface area contributed by atoms with Crippen LogP contribution >= 0.6 is 0 Å². The van der Waals surface area contributed by atoms with Crippen molar-refractivity contribution in [1.29, 1.82) is 0 Å². The highest BCUT2D eigenvalue weighted by Crippen LogP contribution is 2.28. The van der Waals surface area contributed by atoms with Gasteiger partial charge in [0.1, 0.15) is 0 Å². The van der Waals surface area contributed by atoms with E-state index in [2.05, 4.69) is 54.7 Å². The Morgan fingerprint density at radius 3 is 2.82 bits per heavy atom. The maximum Gasteiger partial charge on any atom is 0.0208 e. The number of nitrogens with one attached hydrogen (secondary N) is 1. The molecule has 0 unspecified atom stereocenters. The fourth-order valence-electron chi connectivity index (χ4n) is 2.61. The van der Waals surface area contributed by atoms with Crippen molar-refractivity contribution in [2.45, 2.75) is 19.9 Å². The summed E-state index contributed by atoms with van der Waals surface area (Å²) in [6.45, 7) is 4.26. The predicted octanol–water partition coefficient (Wildman–Crippen LogP) is 3.31. The third kappa shape index (κ3) is 1.98. The van der Waals surface area contributed by atoms with Crippen molar-refractivity contribution in [1.82, 2.24) is 5.32 Å².